The number of halogens is 1. The van der Waals surface area contributed by atoms with Crippen molar-refractivity contribution in [3.8, 4) is 0 Å². The van der Waals surface area contributed by atoms with Gasteiger partial charge in [0.05, 0.1) is 18.7 Å². The summed E-state index contributed by atoms with van der Waals surface area (Å²) < 4.78 is 5.57. The Bertz CT molecular complexity index is 851. The number of carbonyl (C=O) groups excluding carboxylic acids is 1. The first-order valence-electron chi connectivity index (χ1n) is 12.1. The van der Waals surface area contributed by atoms with Gasteiger partial charge in [-0.2, -0.15) is 0 Å². The van der Waals surface area contributed by atoms with Crippen LogP contribution in [0.15, 0.2) is 48.5 Å². The molecule has 0 bridgehead atoms. The lowest BCUT2D eigenvalue weighted by Crippen LogP contribution is -2.57. The molecular weight excluding hydrogens is 434 g/mol. The van der Waals surface area contributed by atoms with Crippen LogP contribution in [-0.2, 0) is 9.53 Å². The number of rotatable bonds is 7. The van der Waals surface area contributed by atoms with E-state index in [4.69, 9.17) is 16.3 Å². The fourth-order valence-electron chi connectivity index (χ4n) is 5.24. The molecule has 0 saturated carbocycles. The summed E-state index contributed by atoms with van der Waals surface area (Å²) in [6.45, 7) is 7.05. The van der Waals surface area contributed by atoms with Gasteiger partial charge in [-0.15, -0.1) is 0 Å². The van der Waals surface area contributed by atoms with E-state index in [9.17, 15) is 4.79 Å². The van der Waals surface area contributed by atoms with Crippen molar-refractivity contribution in [2.75, 3.05) is 46.4 Å². The Morgan fingerprint density at radius 3 is 2.33 bits per heavy atom. The number of nitrogens with zero attached hydrogens (tertiary/aromatic N) is 2. The van der Waals surface area contributed by atoms with Crippen molar-refractivity contribution < 1.29 is 9.53 Å². The quantitative estimate of drug-likeness (QED) is 0.657. The fourth-order valence-corrected chi connectivity index (χ4v) is 5.36. The van der Waals surface area contributed by atoms with E-state index in [1.54, 1.807) is 7.11 Å². The molecule has 0 radical (unpaired) electrons. The van der Waals surface area contributed by atoms with Gasteiger partial charge < -0.3 is 15.0 Å². The Balaban J connectivity index is 1.54. The van der Waals surface area contributed by atoms with Gasteiger partial charge in [0, 0.05) is 38.2 Å². The predicted octanol–water partition coefficient (Wildman–Crippen LogP) is 4.29. The zero-order valence-corrected chi connectivity index (χ0v) is 20.6. The highest BCUT2D eigenvalue weighted by atomic mass is 35.5. The van der Waals surface area contributed by atoms with Crippen molar-refractivity contribution in [3.05, 3.63) is 70.2 Å². The monoisotopic (exact) mass is 469 g/mol. The summed E-state index contributed by atoms with van der Waals surface area (Å²) in [4.78, 5) is 17.8. The van der Waals surface area contributed by atoms with E-state index in [2.05, 4.69) is 58.4 Å². The second-order valence-electron chi connectivity index (χ2n) is 9.45. The summed E-state index contributed by atoms with van der Waals surface area (Å²) in [7, 11) is 1.73. The van der Waals surface area contributed by atoms with Crippen LogP contribution >= 0.6 is 11.6 Å². The Morgan fingerprint density at radius 1 is 1.06 bits per heavy atom. The number of methoxy groups -OCH3 is 1. The molecular formula is C27H36ClN3O2. The van der Waals surface area contributed by atoms with Crippen LogP contribution in [0, 0.1) is 12.8 Å². The van der Waals surface area contributed by atoms with Crippen LogP contribution < -0.4 is 5.32 Å². The molecule has 2 aromatic carbocycles. The maximum atomic E-state index is 13.3. The van der Waals surface area contributed by atoms with Gasteiger partial charge in [0.15, 0.2) is 0 Å². The smallest absolute Gasteiger partial charge is 0.223 e. The maximum Gasteiger partial charge on any atom is 0.223 e. The minimum Gasteiger partial charge on any atom is -0.382 e. The van der Waals surface area contributed by atoms with Crippen molar-refractivity contribution in [2.45, 2.75) is 38.3 Å². The zero-order chi connectivity index (χ0) is 23.2. The first-order chi connectivity index (χ1) is 16.0. The zero-order valence-electron chi connectivity index (χ0n) is 19.8. The number of benzene rings is 2. The van der Waals surface area contributed by atoms with Gasteiger partial charge in [0.25, 0.3) is 0 Å². The van der Waals surface area contributed by atoms with Gasteiger partial charge in [-0.1, -0.05) is 53.6 Å². The highest BCUT2D eigenvalue weighted by Crippen LogP contribution is 2.32. The molecule has 2 saturated heterocycles. The molecule has 5 nitrogen and oxygen atoms in total. The standard InChI is InChI=1S/C27H36ClN3O2/c1-20-3-5-22(6-4-20)27(23-7-9-24(28)10-8-23)30-15-16-31(25(18-30)19-33-2)26(32)17-21-11-13-29-14-12-21/h3-10,21,25,27,29H,11-19H2,1-2H3. The molecule has 178 valence electrons. The van der Waals surface area contributed by atoms with Crippen LogP contribution in [0.1, 0.15) is 42.0 Å². The summed E-state index contributed by atoms with van der Waals surface area (Å²) in [6, 6.07) is 17.1. The first-order valence-corrected chi connectivity index (χ1v) is 12.5. The molecule has 2 fully saturated rings. The van der Waals surface area contributed by atoms with E-state index in [1.807, 2.05) is 12.1 Å². The topological polar surface area (TPSA) is 44.8 Å². The summed E-state index contributed by atoms with van der Waals surface area (Å²) >= 11 is 6.19. The van der Waals surface area contributed by atoms with Gasteiger partial charge in [0.2, 0.25) is 5.91 Å². The second kappa shape index (κ2) is 11.5. The Kier molecular flexibility index (Phi) is 8.42. The summed E-state index contributed by atoms with van der Waals surface area (Å²) in [5.74, 6) is 0.774. The third-order valence-corrected chi connectivity index (χ3v) is 7.31. The van der Waals surface area contributed by atoms with Crippen LogP contribution in [0.3, 0.4) is 0 Å². The molecule has 6 heteroatoms. The molecule has 0 aliphatic carbocycles. The molecule has 0 aromatic heterocycles. The number of piperidine rings is 1. The van der Waals surface area contributed by atoms with Crippen LogP contribution in [0.5, 0.6) is 0 Å². The van der Waals surface area contributed by atoms with Crippen LogP contribution in [-0.4, -0.2) is 68.2 Å². The van der Waals surface area contributed by atoms with Crippen LogP contribution in [0.4, 0.5) is 0 Å². The molecule has 2 aliphatic rings. The summed E-state index contributed by atoms with van der Waals surface area (Å²) in [5, 5.41) is 4.14. The van der Waals surface area contributed by atoms with Crippen molar-refractivity contribution in [3.63, 3.8) is 0 Å². The van der Waals surface area contributed by atoms with Gasteiger partial charge in [-0.05, 0) is 62.0 Å². The summed E-state index contributed by atoms with van der Waals surface area (Å²) in [5.41, 5.74) is 3.72. The van der Waals surface area contributed by atoms with E-state index < -0.39 is 0 Å². The third kappa shape index (κ3) is 6.15. The highest BCUT2D eigenvalue weighted by molar-refractivity contribution is 6.30. The molecule has 4 rings (SSSR count). The molecule has 2 unspecified atom stereocenters. The molecule has 33 heavy (non-hydrogen) atoms. The lowest BCUT2D eigenvalue weighted by molar-refractivity contribution is -0.139. The summed E-state index contributed by atoms with van der Waals surface area (Å²) in [6.07, 6.45) is 2.83. The molecule has 2 atom stereocenters. The molecule has 2 heterocycles. The van der Waals surface area contributed by atoms with Crippen LogP contribution in [0.25, 0.3) is 0 Å². The predicted molar refractivity (Wildman–Crippen MR) is 134 cm³/mol. The number of nitrogens with one attached hydrogen (secondary N) is 1. The van der Waals surface area contributed by atoms with Gasteiger partial charge in [0.1, 0.15) is 0 Å². The number of amides is 1. The normalized spacial score (nSPS) is 21.2. The van der Waals surface area contributed by atoms with Gasteiger partial charge >= 0.3 is 0 Å². The van der Waals surface area contributed by atoms with Crippen molar-refractivity contribution in [2.24, 2.45) is 5.92 Å². The molecule has 2 aromatic rings. The van der Waals surface area contributed by atoms with Gasteiger partial charge in [-0.25, -0.2) is 0 Å². The average Bonchev–Trinajstić information content (AvgIpc) is 2.83. The highest BCUT2D eigenvalue weighted by Gasteiger charge is 2.35. The number of hydrogen-bond acceptors (Lipinski definition) is 4. The Hall–Kier alpha value is -1.92. The Labute approximate surface area is 203 Å². The number of ether oxygens (including phenoxy) is 1. The average molecular weight is 470 g/mol. The van der Waals surface area contributed by atoms with E-state index in [1.165, 1.54) is 16.7 Å². The van der Waals surface area contributed by atoms with Crippen molar-refractivity contribution >= 4 is 17.5 Å². The number of hydrogen-bond donors (Lipinski definition) is 1. The van der Waals surface area contributed by atoms with E-state index in [0.717, 1.165) is 50.6 Å². The first kappa shape index (κ1) is 24.2. The number of piperazine rings is 1. The van der Waals surface area contributed by atoms with Crippen LogP contribution in [0.2, 0.25) is 5.02 Å². The Morgan fingerprint density at radius 2 is 1.70 bits per heavy atom. The van der Waals surface area contributed by atoms with Gasteiger partial charge in [-0.3, -0.25) is 9.69 Å². The SMILES string of the molecule is COCC1CN(C(c2ccc(C)cc2)c2ccc(Cl)cc2)CCN1C(=O)CC1CCNCC1. The largest absolute Gasteiger partial charge is 0.382 e. The fraction of sp³-hybridized carbons (Fsp3) is 0.519. The second-order valence-corrected chi connectivity index (χ2v) is 9.89. The van der Waals surface area contributed by atoms with E-state index >= 15 is 0 Å². The minimum atomic E-state index is 0.0539. The van der Waals surface area contributed by atoms with E-state index in [0.29, 0.717) is 18.9 Å². The molecule has 1 N–H and O–H groups in total. The van der Waals surface area contributed by atoms with E-state index in [-0.39, 0.29) is 18.0 Å². The number of carbonyl (C=O) groups is 1. The minimum absolute atomic E-state index is 0.0539. The molecule has 1 amide bonds. The molecule has 2 aliphatic heterocycles. The van der Waals surface area contributed by atoms with Crippen molar-refractivity contribution in [1.29, 1.82) is 0 Å². The van der Waals surface area contributed by atoms with Crippen molar-refractivity contribution in [1.82, 2.24) is 15.1 Å². The lowest BCUT2D eigenvalue weighted by atomic mass is 9.93. The molecule has 0 spiro atoms. The lowest BCUT2D eigenvalue weighted by Gasteiger charge is -2.45. The third-order valence-electron chi connectivity index (χ3n) is 7.06. The number of aryl methyl sites for hydroxylation is 1. The maximum absolute atomic E-state index is 13.3.